The van der Waals surface area contributed by atoms with Crippen LogP contribution in [0, 0.1) is 5.82 Å². The van der Waals surface area contributed by atoms with Gasteiger partial charge in [-0.1, -0.05) is 18.2 Å². The van der Waals surface area contributed by atoms with Crippen LogP contribution in [0.1, 0.15) is 22.7 Å². The number of carbonyl (C=O) groups excluding carboxylic acids is 2. The molecule has 2 atom stereocenters. The van der Waals surface area contributed by atoms with Gasteiger partial charge in [0.2, 0.25) is 6.41 Å². The molecule has 1 aliphatic rings. The van der Waals surface area contributed by atoms with E-state index in [1.165, 1.54) is 47.4 Å². The molecule has 4 N–H and O–H groups in total. The van der Waals surface area contributed by atoms with E-state index in [1.807, 2.05) is 0 Å². The Morgan fingerprint density at radius 1 is 1.00 bits per heavy atom. The number of para-hydroxylation sites is 1. The van der Waals surface area contributed by atoms with E-state index >= 15 is 0 Å². The summed E-state index contributed by atoms with van der Waals surface area (Å²) in [5.74, 6) is -3.36. The maximum Gasteiger partial charge on any atom is 0.334 e. The van der Waals surface area contributed by atoms with Crippen LogP contribution in [-0.2, 0) is 22.4 Å². The van der Waals surface area contributed by atoms with Gasteiger partial charge < -0.3 is 30.1 Å². The Bertz CT molecular complexity index is 1230. The first-order valence-electron chi connectivity index (χ1n) is 10.0. The molecule has 0 aromatic heterocycles. The van der Waals surface area contributed by atoms with Crippen LogP contribution < -0.4 is 4.74 Å². The number of esters is 1. The molecule has 1 amide bonds. The number of nitrogens with zero attached hydrogens (tertiary/aromatic N) is 1. The SMILES string of the molecule is O=CN1[C@H](C(=O)Oc2ccccc2F)Cc2cc(O)c(O)cc2[C@@H]1Cc1ccc(O)c(O)c1. The van der Waals surface area contributed by atoms with Crippen molar-refractivity contribution in [1.29, 1.82) is 0 Å². The summed E-state index contributed by atoms with van der Waals surface area (Å²) < 4.78 is 19.2. The second kappa shape index (κ2) is 8.70. The number of phenols is 4. The van der Waals surface area contributed by atoms with Gasteiger partial charge in [0, 0.05) is 6.42 Å². The van der Waals surface area contributed by atoms with Gasteiger partial charge in [-0.15, -0.1) is 0 Å². The van der Waals surface area contributed by atoms with Crippen LogP contribution in [0.2, 0.25) is 0 Å². The first-order valence-corrected chi connectivity index (χ1v) is 10.0. The van der Waals surface area contributed by atoms with Gasteiger partial charge in [-0.2, -0.15) is 0 Å². The van der Waals surface area contributed by atoms with Crippen LogP contribution >= 0.6 is 0 Å². The Labute approximate surface area is 187 Å². The molecular weight excluding hydrogens is 433 g/mol. The van der Waals surface area contributed by atoms with Crippen molar-refractivity contribution >= 4 is 12.4 Å². The van der Waals surface area contributed by atoms with Gasteiger partial charge in [0.25, 0.3) is 0 Å². The molecule has 0 radical (unpaired) electrons. The van der Waals surface area contributed by atoms with Crippen LogP contribution in [0.4, 0.5) is 4.39 Å². The second-order valence-corrected chi connectivity index (χ2v) is 7.71. The van der Waals surface area contributed by atoms with E-state index in [9.17, 15) is 34.4 Å². The van der Waals surface area contributed by atoms with Gasteiger partial charge in [-0.25, -0.2) is 9.18 Å². The molecule has 9 heteroatoms. The molecule has 0 bridgehead atoms. The number of halogens is 1. The van der Waals surface area contributed by atoms with Gasteiger partial charge in [-0.3, -0.25) is 4.79 Å². The van der Waals surface area contributed by atoms with Gasteiger partial charge in [0.05, 0.1) is 6.04 Å². The maximum absolute atomic E-state index is 14.0. The first-order chi connectivity index (χ1) is 15.8. The van der Waals surface area contributed by atoms with E-state index in [2.05, 4.69) is 0 Å². The monoisotopic (exact) mass is 453 g/mol. The van der Waals surface area contributed by atoms with E-state index < -0.39 is 35.4 Å². The van der Waals surface area contributed by atoms with Crippen molar-refractivity contribution in [2.45, 2.75) is 24.9 Å². The minimum atomic E-state index is -1.14. The van der Waals surface area contributed by atoms with Crippen LogP contribution in [-0.4, -0.2) is 43.7 Å². The number of ether oxygens (including phenoxy) is 1. The number of benzene rings is 3. The fourth-order valence-corrected chi connectivity index (χ4v) is 4.01. The molecule has 0 spiro atoms. The average Bonchev–Trinajstić information content (AvgIpc) is 2.78. The lowest BCUT2D eigenvalue weighted by atomic mass is 9.85. The van der Waals surface area contributed by atoms with Crippen molar-refractivity contribution in [2.75, 3.05) is 0 Å². The van der Waals surface area contributed by atoms with Gasteiger partial charge >= 0.3 is 5.97 Å². The molecule has 170 valence electrons. The lowest BCUT2D eigenvalue weighted by molar-refractivity contribution is -0.146. The molecule has 0 fully saturated rings. The van der Waals surface area contributed by atoms with Crippen molar-refractivity contribution < 1.29 is 39.1 Å². The molecule has 8 nitrogen and oxygen atoms in total. The molecule has 3 aromatic rings. The normalized spacial score (nSPS) is 17.3. The first kappa shape index (κ1) is 21.9. The lowest BCUT2D eigenvalue weighted by Crippen LogP contribution is -2.49. The Morgan fingerprint density at radius 3 is 2.39 bits per heavy atom. The van der Waals surface area contributed by atoms with E-state index in [1.54, 1.807) is 6.07 Å². The smallest absolute Gasteiger partial charge is 0.334 e. The van der Waals surface area contributed by atoms with Gasteiger partial charge in [0.1, 0.15) is 6.04 Å². The summed E-state index contributed by atoms with van der Waals surface area (Å²) in [6, 6.07) is 10.2. The average molecular weight is 453 g/mol. The highest BCUT2D eigenvalue weighted by atomic mass is 19.1. The van der Waals surface area contributed by atoms with E-state index in [0.29, 0.717) is 23.1 Å². The molecule has 4 rings (SSSR count). The van der Waals surface area contributed by atoms with Crippen molar-refractivity contribution in [1.82, 2.24) is 4.90 Å². The molecule has 0 saturated carbocycles. The minimum absolute atomic E-state index is 0.0352. The molecule has 0 aliphatic carbocycles. The predicted octanol–water partition coefficient (Wildman–Crippen LogP) is 2.92. The number of hydrogen-bond donors (Lipinski definition) is 4. The summed E-state index contributed by atoms with van der Waals surface area (Å²) in [6.07, 6.45) is 0.533. The second-order valence-electron chi connectivity index (χ2n) is 7.71. The molecule has 0 saturated heterocycles. The topological polar surface area (TPSA) is 128 Å². The van der Waals surface area contributed by atoms with Crippen LogP contribution in [0.5, 0.6) is 28.7 Å². The third-order valence-corrected chi connectivity index (χ3v) is 5.64. The molecule has 3 aromatic carbocycles. The third-order valence-electron chi connectivity index (χ3n) is 5.64. The predicted molar refractivity (Wildman–Crippen MR) is 113 cm³/mol. The van der Waals surface area contributed by atoms with Crippen LogP contribution in [0.3, 0.4) is 0 Å². The summed E-state index contributed by atoms with van der Waals surface area (Å²) in [7, 11) is 0. The van der Waals surface area contributed by atoms with E-state index in [4.69, 9.17) is 4.74 Å². The molecule has 0 unspecified atom stereocenters. The van der Waals surface area contributed by atoms with E-state index in [0.717, 1.165) is 6.07 Å². The quantitative estimate of drug-likeness (QED) is 0.202. The summed E-state index contributed by atoms with van der Waals surface area (Å²) in [4.78, 5) is 26.3. The standard InChI is InChI=1S/C24H20FNO7/c25-16-3-1-2-4-23(16)33-24(32)18-9-14-10-21(30)22(31)11-15(14)17(26(18)12-27)7-13-5-6-19(28)20(29)8-13/h1-6,8,10-12,17-18,28-31H,7,9H2/t17-,18-/m0/s1. The van der Waals surface area contributed by atoms with Crippen molar-refractivity contribution in [2.24, 2.45) is 0 Å². The minimum Gasteiger partial charge on any atom is -0.504 e. The molecule has 1 heterocycles. The van der Waals surface area contributed by atoms with Crippen LogP contribution in [0.15, 0.2) is 54.6 Å². The lowest BCUT2D eigenvalue weighted by Gasteiger charge is -2.40. The molecular formula is C24H20FNO7. The fraction of sp³-hybridized carbons (Fsp3) is 0.167. The summed E-state index contributed by atoms with van der Waals surface area (Å²) in [5, 5.41) is 39.4. The Balaban J connectivity index is 1.74. The Kier molecular flexibility index (Phi) is 5.78. The van der Waals surface area contributed by atoms with Crippen LogP contribution in [0.25, 0.3) is 0 Å². The number of phenolic OH excluding ortho intramolecular Hbond substituents is 4. The summed E-state index contributed by atoms with van der Waals surface area (Å²) in [5.41, 5.74) is 1.51. The molecule has 1 aliphatic heterocycles. The Hall–Kier alpha value is -4.27. The van der Waals surface area contributed by atoms with Crippen molar-refractivity contribution in [3.8, 4) is 28.7 Å². The number of aromatic hydroxyl groups is 4. The highest BCUT2D eigenvalue weighted by Crippen LogP contribution is 2.41. The number of hydrogen-bond acceptors (Lipinski definition) is 7. The number of rotatable bonds is 5. The highest BCUT2D eigenvalue weighted by Gasteiger charge is 2.39. The zero-order chi connectivity index (χ0) is 23.7. The van der Waals surface area contributed by atoms with Gasteiger partial charge in [0.15, 0.2) is 34.6 Å². The van der Waals surface area contributed by atoms with Gasteiger partial charge in [-0.05, 0) is 59.5 Å². The largest absolute Gasteiger partial charge is 0.504 e. The highest BCUT2D eigenvalue weighted by molar-refractivity contribution is 5.82. The van der Waals surface area contributed by atoms with Crippen molar-refractivity contribution in [3.63, 3.8) is 0 Å². The Morgan fingerprint density at radius 2 is 1.70 bits per heavy atom. The number of fused-ring (bicyclic) bond motifs is 1. The number of carbonyl (C=O) groups is 2. The summed E-state index contributed by atoms with van der Waals surface area (Å²) >= 11 is 0. The number of amides is 1. The zero-order valence-electron chi connectivity index (χ0n) is 17.2. The fourth-order valence-electron chi connectivity index (χ4n) is 4.01. The zero-order valence-corrected chi connectivity index (χ0v) is 17.2. The maximum atomic E-state index is 14.0. The summed E-state index contributed by atoms with van der Waals surface area (Å²) in [6.45, 7) is 0. The van der Waals surface area contributed by atoms with E-state index in [-0.39, 0.29) is 30.1 Å². The third kappa shape index (κ3) is 4.25. The molecule has 33 heavy (non-hydrogen) atoms. The van der Waals surface area contributed by atoms with Crippen molar-refractivity contribution in [3.05, 3.63) is 77.1 Å².